The number of carbonyl (C=O) groups is 1. The summed E-state index contributed by atoms with van der Waals surface area (Å²) in [5.74, 6) is -0.112. The summed E-state index contributed by atoms with van der Waals surface area (Å²) < 4.78 is 1.81. The molecule has 2 fully saturated rings. The van der Waals surface area contributed by atoms with E-state index >= 15 is 0 Å². The van der Waals surface area contributed by atoms with E-state index in [-0.39, 0.29) is 11.9 Å². The second-order valence-corrected chi connectivity index (χ2v) is 6.77. The number of hydrogen-bond donors (Lipinski definition) is 1. The zero-order chi connectivity index (χ0) is 16.5. The van der Waals surface area contributed by atoms with Crippen molar-refractivity contribution in [1.82, 2.24) is 25.2 Å². The van der Waals surface area contributed by atoms with Crippen LogP contribution >= 0.6 is 0 Å². The highest BCUT2D eigenvalue weighted by molar-refractivity contribution is 5.92. The van der Waals surface area contributed by atoms with Gasteiger partial charge in [-0.1, -0.05) is 42.5 Å². The Bertz CT molecular complexity index is 703. The lowest BCUT2D eigenvalue weighted by molar-refractivity contribution is 0.0615. The third-order valence-corrected chi connectivity index (χ3v) is 4.92. The highest BCUT2D eigenvalue weighted by atomic mass is 16.2. The Morgan fingerprint density at radius 3 is 2.71 bits per heavy atom. The van der Waals surface area contributed by atoms with E-state index in [2.05, 4.69) is 51.7 Å². The smallest absolute Gasteiger partial charge is 0.273 e. The topological polar surface area (TPSA) is 63.1 Å². The molecule has 1 aliphatic heterocycles. The fourth-order valence-electron chi connectivity index (χ4n) is 3.40. The number of carbonyl (C=O) groups excluding carboxylic acids is 1. The molecule has 2 aromatic rings. The number of aromatic nitrogens is 3. The molecule has 126 valence electrons. The third-order valence-electron chi connectivity index (χ3n) is 4.92. The molecule has 1 saturated heterocycles. The molecule has 6 nitrogen and oxygen atoms in total. The van der Waals surface area contributed by atoms with Crippen LogP contribution in [0.2, 0.25) is 0 Å². The van der Waals surface area contributed by atoms with Gasteiger partial charge < -0.3 is 5.32 Å². The first-order chi connectivity index (χ1) is 11.7. The van der Waals surface area contributed by atoms with Crippen LogP contribution in [0, 0.1) is 0 Å². The van der Waals surface area contributed by atoms with Crippen LogP contribution < -0.4 is 5.32 Å². The van der Waals surface area contributed by atoms with Gasteiger partial charge in [-0.15, -0.1) is 5.10 Å². The third kappa shape index (κ3) is 3.06. The van der Waals surface area contributed by atoms with Crippen LogP contribution in [0.5, 0.6) is 0 Å². The fourth-order valence-corrected chi connectivity index (χ4v) is 3.40. The summed E-state index contributed by atoms with van der Waals surface area (Å²) in [5, 5.41) is 11.1. The summed E-state index contributed by atoms with van der Waals surface area (Å²) >= 11 is 0. The van der Waals surface area contributed by atoms with Crippen LogP contribution in [-0.2, 0) is 0 Å². The van der Waals surface area contributed by atoms with Crippen molar-refractivity contribution >= 4 is 5.91 Å². The summed E-state index contributed by atoms with van der Waals surface area (Å²) in [6.07, 6.45) is 5.11. The van der Waals surface area contributed by atoms with Crippen molar-refractivity contribution in [2.45, 2.75) is 44.3 Å². The number of benzene rings is 1. The Labute approximate surface area is 141 Å². The monoisotopic (exact) mass is 325 g/mol. The SMILES string of the molecule is CCC(c1ccccc1)N1CC(NC(=O)c2cn(C3CC3)nn2)C1. The average Bonchev–Trinajstić information content (AvgIpc) is 3.31. The van der Waals surface area contributed by atoms with E-state index in [1.165, 1.54) is 5.56 Å². The highest BCUT2D eigenvalue weighted by Gasteiger charge is 2.34. The van der Waals surface area contributed by atoms with E-state index in [1.807, 2.05) is 10.7 Å². The Hall–Kier alpha value is -2.21. The van der Waals surface area contributed by atoms with Gasteiger partial charge in [0.15, 0.2) is 5.69 Å². The van der Waals surface area contributed by atoms with E-state index in [4.69, 9.17) is 0 Å². The molecule has 2 heterocycles. The zero-order valence-corrected chi connectivity index (χ0v) is 13.9. The van der Waals surface area contributed by atoms with Gasteiger partial charge in [0.05, 0.1) is 18.3 Å². The molecule has 1 saturated carbocycles. The van der Waals surface area contributed by atoms with Gasteiger partial charge in [-0.3, -0.25) is 9.69 Å². The lowest BCUT2D eigenvalue weighted by Gasteiger charge is -2.44. The molecule has 1 N–H and O–H groups in total. The van der Waals surface area contributed by atoms with E-state index in [1.54, 1.807) is 6.20 Å². The lowest BCUT2D eigenvalue weighted by atomic mass is 9.97. The van der Waals surface area contributed by atoms with Gasteiger partial charge in [0.2, 0.25) is 0 Å². The first-order valence-electron chi connectivity index (χ1n) is 8.76. The van der Waals surface area contributed by atoms with Crippen molar-refractivity contribution in [3.8, 4) is 0 Å². The van der Waals surface area contributed by atoms with Crippen molar-refractivity contribution < 1.29 is 4.79 Å². The Balaban J connectivity index is 1.31. The van der Waals surface area contributed by atoms with E-state index < -0.39 is 0 Å². The molecule has 4 rings (SSSR count). The van der Waals surface area contributed by atoms with Gasteiger partial charge in [-0.2, -0.15) is 0 Å². The molecule has 1 aromatic carbocycles. The minimum Gasteiger partial charge on any atom is -0.345 e. The molecular weight excluding hydrogens is 302 g/mol. The van der Waals surface area contributed by atoms with E-state index in [9.17, 15) is 4.79 Å². The van der Waals surface area contributed by atoms with Crippen molar-refractivity contribution in [3.63, 3.8) is 0 Å². The Morgan fingerprint density at radius 1 is 1.29 bits per heavy atom. The number of amides is 1. The molecule has 2 aliphatic rings. The summed E-state index contributed by atoms with van der Waals surface area (Å²) in [5.41, 5.74) is 1.77. The predicted octanol–water partition coefficient (Wildman–Crippen LogP) is 2.18. The molecule has 1 atom stereocenters. The van der Waals surface area contributed by atoms with Crippen LogP contribution in [0.3, 0.4) is 0 Å². The van der Waals surface area contributed by atoms with Gasteiger partial charge in [0, 0.05) is 19.1 Å². The standard InChI is InChI=1S/C18H23N5O/c1-2-17(13-6-4-3-5-7-13)22-10-14(11-22)19-18(24)16-12-23(21-20-16)15-8-9-15/h3-7,12,14-15,17H,2,8-11H2,1H3,(H,19,24). The molecule has 6 heteroatoms. The largest absolute Gasteiger partial charge is 0.345 e. The number of hydrogen-bond acceptors (Lipinski definition) is 4. The molecule has 0 radical (unpaired) electrons. The predicted molar refractivity (Wildman–Crippen MR) is 90.6 cm³/mol. The van der Waals surface area contributed by atoms with E-state index in [0.29, 0.717) is 17.8 Å². The van der Waals surface area contributed by atoms with Crippen molar-refractivity contribution in [3.05, 3.63) is 47.8 Å². The molecule has 1 amide bonds. The average molecular weight is 325 g/mol. The highest BCUT2D eigenvalue weighted by Crippen LogP contribution is 2.33. The van der Waals surface area contributed by atoms with Crippen molar-refractivity contribution in [1.29, 1.82) is 0 Å². The van der Waals surface area contributed by atoms with Crippen LogP contribution in [-0.4, -0.2) is 44.9 Å². The number of nitrogens with one attached hydrogen (secondary N) is 1. The van der Waals surface area contributed by atoms with Crippen LogP contribution in [0.1, 0.15) is 54.3 Å². The van der Waals surface area contributed by atoms with Crippen molar-refractivity contribution in [2.24, 2.45) is 0 Å². The van der Waals surface area contributed by atoms with Crippen molar-refractivity contribution in [2.75, 3.05) is 13.1 Å². The first-order valence-corrected chi connectivity index (χ1v) is 8.76. The fraction of sp³-hybridized carbons (Fsp3) is 0.500. The van der Waals surface area contributed by atoms with Gasteiger partial charge in [0.25, 0.3) is 5.91 Å². The number of rotatable bonds is 6. The molecule has 1 unspecified atom stereocenters. The van der Waals surface area contributed by atoms with Gasteiger partial charge >= 0.3 is 0 Å². The minimum absolute atomic E-state index is 0.112. The first kappa shape index (κ1) is 15.3. The van der Waals surface area contributed by atoms with Gasteiger partial charge in [0.1, 0.15) is 0 Å². The number of likely N-dealkylation sites (tertiary alicyclic amines) is 1. The summed E-state index contributed by atoms with van der Waals surface area (Å²) in [6.45, 7) is 3.98. The summed E-state index contributed by atoms with van der Waals surface area (Å²) in [4.78, 5) is 14.7. The molecule has 0 bridgehead atoms. The molecule has 1 aliphatic carbocycles. The maximum absolute atomic E-state index is 12.3. The normalized spacial score (nSPS) is 19.7. The lowest BCUT2D eigenvalue weighted by Crippen LogP contribution is -2.59. The van der Waals surface area contributed by atoms with E-state index in [0.717, 1.165) is 32.4 Å². The number of nitrogens with zero attached hydrogens (tertiary/aromatic N) is 4. The quantitative estimate of drug-likeness (QED) is 0.884. The Kier molecular flexibility index (Phi) is 4.06. The minimum atomic E-state index is -0.112. The Morgan fingerprint density at radius 2 is 2.04 bits per heavy atom. The molecule has 1 aromatic heterocycles. The zero-order valence-electron chi connectivity index (χ0n) is 13.9. The summed E-state index contributed by atoms with van der Waals surface area (Å²) in [6, 6.07) is 11.6. The van der Waals surface area contributed by atoms with Crippen LogP contribution in [0.25, 0.3) is 0 Å². The maximum Gasteiger partial charge on any atom is 0.273 e. The summed E-state index contributed by atoms with van der Waals surface area (Å²) in [7, 11) is 0. The molecule has 0 spiro atoms. The molecular formula is C18H23N5O. The second kappa shape index (κ2) is 6.36. The maximum atomic E-state index is 12.3. The van der Waals surface area contributed by atoms with Crippen LogP contribution in [0.15, 0.2) is 36.5 Å². The van der Waals surface area contributed by atoms with Crippen LogP contribution in [0.4, 0.5) is 0 Å². The van der Waals surface area contributed by atoms with Gasteiger partial charge in [-0.05, 0) is 24.8 Å². The second-order valence-electron chi connectivity index (χ2n) is 6.77. The van der Waals surface area contributed by atoms with Gasteiger partial charge in [-0.25, -0.2) is 4.68 Å². The molecule has 24 heavy (non-hydrogen) atoms.